The fraction of sp³-hybridized carbons (Fsp3) is 0.0244. The summed E-state index contributed by atoms with van der Waals surface area (Å²) in [4.78, 5) is 14.9. The van der Waals surface area contributed by atoms with Crippen LogP contribution in [-0.2, 0) is 0 Å². The van der Waals surface area contributed by atoms with E-state index in [0.717, 1.165) is 49.7 Å². The average molecular weight is 590 g/mol. The van der Waals surface area contributed by atoms with Crippen molar-refractivity contribution in [3.63, 3.8) is 0 Å². The second-order valence-electron chi connectivity index (χ2n) is 11.3. The lowest BCUT2D eigenvalue weighted by molar-refractivity contribution is 1.06. The van der Waals surface area contributed by atoms with Gasteiger partial charge in [-0.05, 0) is 54.4 Å². The number of aryl methyl sites for hydroxylation is 1. The van der Waals surface area contributed by atoms with E-state index in [0.29, 0.717) is 23.0 Å². The number of hydrogen-bond acceptors (Lipinski definition) is 4. The SMILES string of the molecule is Cc1cccc(-c2ccc3c(c2)c2ccccc2n3-c2ccc(C#N)cc2-c2nc(-c3ccccc3)nc(-c3ccccc3)n2)c1. The van der Waals surface area contributed by atoms with E-state index < -0.39 is 0 Å². The third kappa shape index (κ3) is 4.79. The van der Waals surface area contributed by atoms with E-state index >= 15 is 0 Å². The molecule has 0 fully saturated rings. The topological polar surface area (TPSA) is 67.4 Å². The van der Waals surface area contributed by atoms with E-state index in [1.165, 1.54) is 11.1 Å². The molecule has 5 nitrogen and oxygen atoms in total. The smallest absolute Gasteiger partial charge is 0.166 e. The summed E-state index contributed by atoms with van der Waals surface area (Å²) in [6.07, 6.45) is 0. The van der Waals surface area contributed by atoms with Gasteiger partial charge in [-0.15, -0.1) is 0 Å². The Hall–Kier alpha value is -6.38. The molecule has 0 unspecified atom stereocenters. The first kappa shape index (κ1) is 27.2. The Morgan fingerprint density at radius 3 is 1.80 bits per heavy atom. The highest BCUT2D eigenvalue weighted by molar-refractivity contribution is 6.11. The molecule has 0 saturated carbocycles. The maximum absolute atomic E-state index is 9.99. The van der Waals surface area contributed by atoms with Crippen LogP contribution in [0.25, 0.3) is 72.8 Å². The third-order valence-corrected chi connectivity index (χ3v) is 8.33. The molecule has 0 aliphatic carbocycles. The first-order valence-corrected chi connectivity index (χ1v) is 15.2. The molecule has 2 heterocycles. The average Bonchev–Trinajstić information content (AvgIpc) is 3.45. The molecule has 2 aromatic heterocycles. The lowest BCUT2D eigenvalue weighted by atomic mass is 10.0. The van der Waals surface area contributed by atoms with Gasteiger partial charge in [-0.2, -0.15) is 5.26 Å². The Morgan fingerprint density at radius 1 is 0.500 bits per heavy atom. The molecule has 0 aliphatic rings. The molecule has 0 radical (unpaired) electrons. The highest BCUT2D eigenvalue weighted by Crippen LogP contribution is 2.38. The van der Waals surface area contributed by atoms with E-state index in [1.54, 1.807) is 0 Å². The molecular formula is C41H27N5. The van der Waals surface area contributed by atoms with E-state index in [4.69, 9.17) is 15.0 Å². The van der Waals surface area contributed by atoms with Crippen molar-refractivity contribution in [2.45, 2.75) is 6.92 Å². The number of nitriles is 1. The van der Waals surface area contributed by atoms with Crippen LogP contribution in [-0.4, -0.2) is 19.5 Å². The number of aromatic nitrogens is 4. The molecule has 216 valence electrons. The van der Waals surface area contributed by atoms with Crippen molar-refractivity contribution in [2.24, 2.45) is 0 Å². The summed E-state index contributed by atoms with van der Waals surface area (Å²) in [6.45, 7) is 2.12. The number of rotatable bonds is 5. The molecule has 0 amide bonds. The van der Waals surface area contributed by atoms with Crippen LogP contribution in [0.15, 0.2) is 146 Å². The second kappa shape index (κ2) is 11.3. The van der Waals surface area contributed by atoms with Crippen LogP contribution in [0.2, 0.25) is 0 Å². The summed E-state index contributed by atoms with van der Waals surface area (Å²) in [6, 6.07) is 51.6. The zero-order valence-corrected chi connectivity index (χ0v) is 25.1. The highest BCUT2D eigenvalue weighted by Gasteiger charge is 2.20. The van der Waals surface area contributed by atoms with Gasteiger partial charge in [0.15, 0.2) is 17.5 Å². The molecule has 6 aromatic carbocycles. The van der Waals surface area contributed by atoms with Gasteiger partial charge in [0.2, 0.25) is 0 Å². The number of nitrogens with zero attached hydrogens (tertiary/aromatic N) is 5. The van der Waals surface area contributed by atoms with Crippen LogP contribution in [0.3, 0.4) is 0 Å². The number of hydrogen-bond donors (Lipinski definition) is 0. The van der Waals surface area contributed by atoms with E-state index in [2.05, 4.69) is 84.3 Å². The van der Waals surface area contributed by atoms with Gasteiger partial charge in [-0.25, -0.2) is 15.0 Å². The van der Waals surface area contributed by atoms with Crippen molar-refractivity contribution in [1.29, 1.82) is 5.26 Å². The van der Waals surface area contributed by atoms with Crippen molar-refractivity contribution >= 4 is 21.8 Å². The predicted molar refractivity (Wildman–Crippen MR) is 185 cm³/mol. The highest BCUT2D eigenvalue weighted by atomic mass is 15.1. The molecule has 8 aromatic rings. The zero-order valence-electron chi connectivity index (χ0n) is 25.1. The molecule has 0 aliphatic heterocycles. The fourth-order valence-corrected chi connectivity index (χ4v) is 6.15. The number of fused-ring (bicyclic) bond motifs is 3. The molecule has 0 atom stereocenters. The van der Waals surface area contributed by atoms with E-state index in [-0.39, 0.29) is 0 Å². The number of para-hydroxylation sites is 1. The molecule has 0 saturated heterocycles. The third-order valence-electron chi connectivity index (χ3n) is 8.33. The summed E-state index contributed by atoms with van der Waals surface area (Å²) in [5, 5.41) is 12.3. The Labute approximate surface area is 266 Å². The lowest BCUT2D eigenvalue weighted by Crippen LogP contribution is -2.04. The summed E-state index contributed by atoms with van der Waals surface area (Å²) in [7, 11) is 0. The Morgan fingerprint density at radius 2 is 1.11 bits per heavy atom. The van der Waals surface area contributed by atoms with Crippen LogP contribution in [0.4, 0.5) is 0 Å². The molecule has 46 heavy (non-hydrogen) atoms. The first-order chi connectivity index (χ1) is 22.7. The van der Waals surface area contributed by atoms with Crippen LogP contribution in [0, 0.1) is 18.3 Å². The van der Waals surface area contributed by atoms with Crippen molar-refractivity contribution < 1.29 is 0 Å². The minimum absolute atomic E-state index is 0.502. The van der Waals surface area contributed by atoms with Gasteiger partial charge in [0.1, 0.15) is 0 Å². The largest absolute Gasteiger partial charge is 0.308 e. The summed E-state index contributed by atoms with van der Waals surface area (Å²) in [5.41, 5.74) is 9.65. The van der Waals surface area contributed by atoms with E-state index in [9.17, 15) is 5.26 Å². The van der Waals surface area contributed by atoms with Crippen LogP contribution >= 0.6 is 0 Å². The monoisotopic (exact) mass is 589 g/mol. The normalized spacial score (nSPS) is 11.1. The molecule has 0 spiro atoms. The zero-order chi connectivity index (χ0) is 31.0. The van der Waals surface area contributed by atoms with Gasteiger partial charge >= 0.3 is 0 Å². The van der Waals surface area contributed by atoms with Gasteiger partial charge in [-0.3, -0.25) is 0 Å². The van der Waals surface area contributed by atoms with Crippen molar-refractivity contribution in [1.82, 2.24) is 19.5 Å². The summed E-state index contributed by atoms with van der Waals surface area (Å²) >= 11 is 0. The minimum Gasteiger partial charge on any atom is -0.308 e. The maximum Gasteiger partial charge on any atom is 0.166 e. The van der Waals surface area contributed by atoms with Crippen LogP contribution in [0.5, 0.6) is 0 Å². The summed E-state index contributed by atoms with van der Waals surface area (Å²) in [5.74, 6) is 1.65. The minimum atomic E-state index is 0.502. The first-order valence-electron chi connectivity index (χ1n) is 15.2. The van der Waals surface area contributed by atoms with Gasteiger partial charge in [-0.1, -0.05) is 115 Å². The van der Waals surface area contributed by atoms with Crippen molar-refractivity contribution in [3.8, 4) is 57.0 Å². The molecule has 8 rings (SSSR count). The van der Waals surface area contributed by atoms with Gasteiger partial charge in [0.05, 0.1) is 28.4 Å². The molecular weight excluding hydrogens is 562 g/mol. The number of benzene rings is 6. The summed E-state index contributed by atoms with van der Waals surface area (Å²) < 4.78 is 2.26. The molecule has 0 N–H and O–H groups in total. The van der Waals surface area contributed by atoms with Crippen LogP contribution < -0.4 is 0 Å². The quantitative estimate of drug-likeness (QED) is 0.200. The maximum atomic E-state index is 9.99. The van der Waals surface area contributed by atoms with Gasteiger partial charge in [0, 0.05) is 27.5 Å². The predicted octanol–water partition coefficient (Wildman–Crippen LogP) is 9.82. The fourth-order valence-electron chi connectivity index (χ4n) is 6.15. The van der Waals surface area contributed by atoms with E-state index in [1.807, 2.05) is 78.9 Å². The molecule has 0 bridgehead atoms. The van der Waals surface area contributed by atoms with Gasteiger partial charge in [0.25, 0.3) is 0 Å². The Kier molecular flexibility index (Phi) is 6.67. The van der Waals surface area contributed by atoms with Crippen molar-refractivity contribution in [3.05, 3.63) is 157 Å². The van der Waals surface area contributed by atoms with Gasteiger partial charge < -0.3 is 4.57 Å². The van der Waals surface area contributed by atoms with Crippen LogP contribution in [0.1, 0.15) is 11.1 Å². The molecule has 5 heteroatoms. The second-order valence-corrected chi connectivity index (χ2v) is 11.3. The van der Waals surface area contributed by atoms with Crippen molar-refractivity contribution in [2.75, 3.05) is 0 Å². The Bertz CT molecular complexity index is 2380. The standard InChI is InChI=1S/C41H27N5/c1-27-11-10-16-31(23-27)32-20-22-37-34(25-32)33-17-8-9-18-36(33)46(37)38-21-19-28(26-42)24-35(38)41-44-39(29-12-4-2-5-13-29)43-40(45-41)30-14-6-3-7-15-30/h2-25H,1H3. The Balaban J connectivity index is 1.40. The lowest BCUT2D eigenvalue weighted by Gasteiger charge is -2.15.